The van der Waals surface area contributed by atoms with Gasteiger partial charge in [-0.3, -0.25) is 4.40 Å². The number of alkyl halides is 5. The van der Waals surface area contributed by atoms with Crippen LogP contribution in [-0.2, 0) is 17.5 Å². The highest BCUT2D eigenvalue weighted by molar-refractivity contribution is 5.68. The lowest BCUT2D eigenvalue weighted by molar-refractivity contribution is -0.274. The van der Waals surface area contributed by atoms with Crippen molar-refractivity contribution in [3.05, 3.63) is 65.9 Å². The molecule has 3 heterocycles. The van der Waals surface area contributed by atoms with Crippen LogP contribution in [0, 0.1) is 6.92 Å². The Labute approximate surface area is 171 Å². The van der Waals surface area contributed by atoms with Crippen LogP contribution in [0.15, 0.2) is 53.4 Å². The zero-order valence-electron chi connectivity index (χ0n) is 15.7. The number of pyridine rings is 1. The largest absolute Gasteiger partial charge is 0.573 e. The summed E-state index contributed by atoms with van der Waals surface area (Å²) in [5, 5.41) is 11.0. The predicted molar refractivity (Wildman–Crippen MR) is 95.0 cm³/mol. The van der Waals surface area contributed by atoms with E-state index in [-0.39, 0.29) is 16.9 Å². The van der Waals surface area contributed by atoms with Gasteiger partial charge in [-0.1, -0.05) is 17.3 Å². The molecule has 31 heavy (non-hydrogen) atoms. The van der Waals surface area contributed by atoms with E-state index in [1.54, 1.807) is 6.92 Å². The molecular formula is C19H13F5N4O3. The third-order valence-corrected chi connectivity index (χ3v) is 4.20. The standard InChI is InChI=1S/C19H13F5N4O3/c1-11-6-14(27-31-11)9-29-18(20,21)16-7-13(8-28-10-25-26-17(16)28)12-2-4-15(5-3-12)30-19(22,23)24/h2-8,10H,9H2,1H3. The molecule has 0 saturated heterocycles. The van der Waals surface area contributed by atoms with Crippen LogP contribution in [-0.4, -0.2) is 26.1 Å². The first-order valence-corrected chi connectivity index (χ1v) is 8.75. The van der Waals surface area contributed by atoms with Crippen LogP contribution in [0.5, 0.6) is 5.75 Å². The Morgan fingerprint density at radius 2 is 1.77 bits per heavy atom. The van der Waals surface area contributed by atoms with Crippen molar-refractivity contribution in [1.82, 2.24) is 19.8 Å². The molecule has 12 heteroatoms. The van der Waals surface area contributed by atoms with E-state index >= 15 is 0 Å². The van der Waals surface area contributed by atoms with Gasteiger partial charge in [0.05, 0.1) is 12.2 Å². The quantitative estimate of drug-likeness (QED) is 0.399. The molecule has 162 valence electrons. The normalized spacial score (nSPS) is 12.5. The van der Waals surface area contributed by atoms with Crippen LogP contribution in [0.3, 0.4) is 0 Å². The van der Waals surface area contributed by atoms with E-state index < -0.39 is 30.4 Å². The van der Waals surface area contributed by atoms with E-state index in [0.717, 1.165) is 18.2 Å². The lowest BCUT2D eigenvalue weighted by atomic mass is 10.0. The maximum atomic E-state index is 14.9. The molecule has 1 aromatic carbocycles. The molecule has 0 fully saturated rings. The minimum atomic E-state index is -4.84. The van der Waals surface area contributed by atoms with E-state index in [9.17, 15) is 22.0 Å². The van der Waals surface area contributed by atoms with Gasteiger partial charge in [0.15, 0.2) is 5.65 Å². The number of ether oxygens (including phenoxy) is 2. The molecule has 0 bridgehead atoms. The lowest BCUT2D eigenvalue weighted by Gasteiger charge is -2.18. The fourth-order valence-electron chi connectivity index (χ4n) is 2.89. The third kappa shape index (κ3) is 4.63. The van der Waals surface area contributed by atoms with Crippen molar-refractivity contribution in [2.75, 3.05) is 0 Å². The number of hydrogen-bond acceptors (Lipinski definition) is 6. The summed E-state index contributed by atoms with van der Waals surface area (Å²) in [6.07, 6.45) is -5.91. The number of rotatable bonds is 6. The van der Waals surface area contributed by atoms with Crippen LogP contribution >= 0.6 is 0 Å². The summed E-state index contributed by atoms with van der Waals surface area (Å²) in [4.78, 5) is 0. The minimum Gasteiger partial charge on any atom is -0.406 e. The van der Waals surface area contributed by atoms with Crippen LogP contribution in [0.1, 0.15) is 17.0 Å². The number of nitrogens with zero attached hydrogens (tertiary/aromatic N) is 4. The molecule has 4 aromatic rings. The van der Waals surface area contributed by atoms with Gasteiger partial charge >= 0.3 is 12.5 Å². The number of aromatic nitrogens is 4. The molecule has 0 radical (unpaired) electrons. The van der Waals surface area contributed by atoms with Gasteiger partial charge in [-0.05, 0) is 36.2 Å². The van der Waals surface area contributed by atoms with Gasteiger partial charge in [0, 0.05) is 12.3 Å². The highest BCUT2D eigenvalue weighted by Crippen LogP contribution is 2.36. The van der Waals surface area contributed by atoms with Crippen molar-refractivity contribution >= 4 is 5.65 Å². The third-order valence-electron chi connectivity index (χ3n) is 4.20. The first kappa shape index (κ1) is 20.7. The minimum absolute atomic E-state index is 0.137. The highest BCUT2D eigenvalue weighted by atomic mass is 19.4. The first-order chi connectivity index (χ1) is 14.6. The number of fused-ring (bicyclic) bond motifs is 1. The van der Waals surface area contributed by atoms with Crippen molar-refractivity contribution in [1.29, 1.82) is 0 Å². The SMILES string of the molecule is Cc1cc(COC(F)(F)c2cc(-c3ccc(OC(F)(F)F)cc3)cn3cnnc23)no1. The molecule has 0 spiro atoms. The van der Waals surface area contributed by atoms with Gasteiger partial charge in [-0.2, -0.15) is 8.78 Å². The van der Waals surface area contributed by atoms with E-state index in [1.165, 1.54) is 35.1 Å². The summed E-state index contributed by atoms with van der Waals surface area (Å²) in [5.74, 6) is 0.0140. The smallest absolute Gasteiger partial charge is 0.406 e. The van der Waals surface area contributed by atoms with E-state index in [0.29, 0.717) is 11.3 Å². The van der Waals surface area contributed by atoms with Crippen molar-refractivity contribution < 1.29 is 35.9 Å². The fraction of sp³-hybridized carbons (Fsp3) is 0.211. The summed E-state index contributed by atoms with van der Waals surface area (Å²) in [7, 11) is 0. The maximum absolute atomic E-state index is 14.9. The molecule has 7 nitrogen and oxygen atoms in total. The summed E-state index contributed by atoms with van der Waals surface area (Å²) in [6.45, 7) is 1.10. The Balaban J connectivity index is 1.66. The van der Waals surface area contributed by atoms with Crippen LogP contribution in [0.25, 0.3) is 16.8 Å². The molecule has 0 atom stereocenters. The van der Waals surface area contributed by atoms with Crippen LogP contribution < -0.4 is 4.74 Å². The van der Waals surface area contributed by atoms with Gasteiger partial charge < -0.3 is 14.0 Å². The van der Waals surface area contributed by atoms with E-state index in [1.807, 2.05) is 0 Å². The zero-order valence-corrected chi connectivity index (χ0v) is 15.7. The number of aryl methyl sites for hydroxylation is 1. The Morgan fingerprint density at radius 1 is 1.03 bits per heavy atom. The Morgan fingerprint density at radius 3 is 2.42 bits per heavy atom. The molecule has 0 N–H and O–H groups in total. The second-order valence-electron chi connectivity index (χ2n) is 6.51. The summed E-state index contributed by atoms with van der Waals surface area (Å²) in [6, 6.07) is 7.39. The van der Waals surface area contributed by atoms with E-state index in [2.05, 4.69) is 20.1 Å². The number of benzene rings is 1. The van der Waals surface area contributed by atoms with Gasteiger partial charge in [-0.25, -0.2) is 0 Å². The molecule has 0 aliphatic carbocycles. The molecule has 0 unspecified atom stereocenters. The molecule has 0 aliphatic rings. The van der Waals surface area contributed by atoms with Crippen molar-refractivity contribution in [2.45, 2.75) is 26.0 Å². The highest BCUT2D eigenvalue weighted by Gasteiger charge is 2.37. The molecule has 3 aromatic heterocycles. The first-order valence-electron chi connectivity index (χ1n) is 8.75. The van der Waals surface area contributed by atoms with E-state index in [4.69, 9.17) is 9.26 Å². The number of hydrogen-bond donors (Lipinski definition) is 0. The molecule has 0 saturated carbocycles. The molecule has 4 rings (SSSR count). The average Bonchev–Trinajstić information content (AvgIpc) is 3.33. The number of halogens is 5. The Hall–Kier alpha value is -3.54. The summed E-state index contributed by atoms with van der Waals surface area (Å²) in [5.41, 5.74) is 0.127. The van der Waals surface area contributed by atoms with Crippen molar-refractivity contribution in [3.63, 3.8) is 0 Å². The van der Waals surface area contributed by atoms with Gasteiger partial charge in [0.2, 0.25) is 0 Å². The zero-order chi connectivity index (χ0) is 22.2. The Kier molecular flexibility index (Phi) is 5.09. The molecule has 0 aliphatic heterocycles. The summed E-state index contributed by atoms with van der Waals surface area (Å²) >= 11 is 0. The topological polar surface area (TPSA) is 74.7 Å². The molecular weight excluding hydrogens is 427 g/mol. The monoisotopic (exact) mass is 440 g/mol. The average molecular weight is 440 g/mol. The van der Waals surface area contributed by atoms with Crippen LogP contribution in [0.4, 0.5) is 22.0 Å². The van der Waals surface area contributed by atoms with Crippen molar-refractivity contribution in [3.8, 4) is 16.9 Å². The summed E-state index contributed by atoms with van der Waals surface area (Å²) < 4.78 is 81.5. The predicted octanol–water partition coefficient (Wildman–Crippen LogP) is 4.86. The second kappa shape index (κ2) is 7.61. The van der Waals surface area contributed by atoms with Gasteiger partial charge in [0.25, 0.3) is 0 Å². The molecule has 0 amide bonds. The second-order valence-corrected chi connectivity index (χ2v) is 6.51. The van der Waals surface area contributed by atoms with Gasteiger partial charge in [-0.15, -0.1) is 23.4 Å². The van der Waals surface area contributed by atoms with Gasteiger partial charge in [0.1, 0.15) is 23.5 Å². The van der Waals surface area contributed by atoms with Crippen molar-refractivity contribution in [2.24, 2.45) is 0 Å². The maximum Gasteiger partial charge on any atom is 0.573 e. The lowest BCUT2D eigenvalue weighted by Crippen LogP contribution is -2.20. The fourth-order valence-corrected chi connectivity index (χ4v) is 2.89. The van der Waals surface area contributed by atoms with Crippen LogP contribution in [0.2, 0.25) is 0 Å². The Bertz CT molecular complexity index is 1200.